The molecule has 0 atom stereocenters. The zero-order valence-electron chi connectivity index (χ0n) is 19.8. The normalized spacial score (nSPS) is 14.8. The van der Waals surface area contributed by atoms with Gasteiger partial charge in [-0.15, -0.1) is 0 Å². The Morgan fingerprint density at radius 2 is 1.62 bits per heavy atom. The summed E-state index contributed by atoms with van der Waals surface area (Å²) in [6, 6.07) is 15.9. The second kappa shape index (κ2) is 11.0. The first kappa shape index (κ1) is 23.6. The van der Waals surface area contributed by atoms with E-state index in [1.165, 1.54) is 6.42 Å². The van der Waals surface area contributed by atoms with E-state index in [9.17, 15) is 4.79 Å². The van der Waals surface area contributed by atoms with Crippen molar-refractivity contribution in [2.75, 3.05) is 20.1 Å². The summed E-state index contributed by atoms with van der Waals surface area (Å²) in [7, 11) is 1.76. The summed E-state index contributed by atoms with van der Waals surface area (Å²) in [5.74, 6) is 1.72. The second-order valence-electron chi connectivity index (χ2n) is 9.15. The topological polar surface area (TPSA) is 66.0 Å². The number of carbonyl (C=O) groups excluding carboxylic acids is 1. The molecule has 172 valence electrons. The van der Waals surface area contributed by atoms with E-state index in [1.807, 2.05) is 68.1 Å². The predicted molar refractivity (Wildman–Crippen MR) is 130 cm³/mol. The van der Waals surface area contributed by atoms with Crippen molar-refractivity contribution < 1.29 is 9.53 Å². The van der Waals surface area contributed by atoms with Crippen LogP contribution in [0.1, 0.15) is 61.5 Å². The lowest BCUT2D eigenvalue weighted by molar-refractivity contribution is 0.0724. The Kier molecular flexibility index (Phi) is 8.14. The first-order chi connectivity index (χ1) is 15.4. The average molecular weight is 437 g/mol. The summed E-state index contributed by atoms with van der Waals surface area (Å²) in [6.07, 6.45) is 3.43. The third kappa shape index (κ3) is 7.01. The van der Waals surface area contributed by atoms with Gasteiger partial charge in [0, 0.05) is 44.4 Å². The van der Waals surface area contributed by atoms with Gasteiger partial charge in [0.1, 0.15) is 11.4 Å². The molecule has 6 heteroatoms. The highest BCUT2D eigenvalue weighted by Gasteiger charge is 2.18. The monoisotopic (exact) mass is 436 g/mol. The van der Waals surface area contributed by atoms with Crippen LogP contribution in [-0.2, 0) is 13.1 Å². The molecule has 6 nitrogen and oxygen atoms in total. The van der Waals surface area contributed by atoms with Crippen molar-refractivity contribution in [1.29, 1.82) is 0 Å². The third-order valence-electron chi connectivity index (χ3n) is 5.36. The molecule has 3 rings (SSSR count). The van der Waals surface area contributed by atoms with E-state index in [2.05, 4.69) is 21.7 Å². The summed E-state index contributed by atoms with van der Waals surface area (Å²) in [5, 5.41) is 6.69. The Bertz CT molecular complexity index is 910. The molecule has 1 saturated heterocycles. The lowest BCUT2D eigenvalue weighted by Crippen LogP contribution is -2.36. The fraction of sp³-hybridized carbons (Fsp3) is 0.462. The molecule has 32 heavy (non-hydrogen) atoms. The van der Waals surface area contributed by atoms with Crippen LogP contribution in [0, 0.1) is 0 Å². The highest BCUT2D eigenvalue weighted by molar-refractivity contribution is 5.94. The number of rotatable bonds is 6. The molecule has 2 aromatic rings. The van der Waals surface area contributed by atoms with Gasteiger partial charge in [0.05, 0.1) is 0 Å². The van der Waals surface area contributed by atoms with Gasteiger partial charge in [0.25, 0.3) is 5.91 Å². The number of amides is 1. The smallest absolute Gasteiger partial charge is 0.253 e. The van der Waals surface area contributed by atoms with Gasteiger partial charge in [-0.25, -0.2) is 0 Å². The van der Waals surface area contributed by atoms with Crippen LogP contribution in [0.25, 0.3) is 0 Å². The Hall–Kier alpha value is -3.02. The van der Waals surface area contributed by atoms with Crippen LogP contribution in [0.4, 0.5) is 0 Å². The maximum Gasteiger partial charge on any atom is 0.253 e. The van der Waals surface area contributed by atoms with E-state index in [1.54, 1.807) is 7.05 Å². The molecular weight excluding hydrogens is 400 g/mol. The van der Waals surface area contributed by atoms with Gasteiger partial charge in [-0.05, 0) is 63.8 Å². The van der Waals surface area contributed by atoms with Crippen LogP contribution in [0.2, 0.25) is 0 Å². The van der Waals surface area contributed by atoms with Crippen LogP contribution >= 0.6 is 0 Å². The van der Waals surface area contributed by atoms with E-state index in [4.69, 9.17) is 4.74 Å². The number of benzene rings is 2. The van der Waals surface area contributed by atoms with E-state index in [0.717, 1.165) is 48.4 Å². The molecule has 1 aliphatic heterocycles. The van der Waals surface area contributed by atoms with Gasteiger partial charge >= 0.3 is 0 Å². The number of piperidine rings is 1. The van der Waals surface area contributed by atoms with Crippen LogP contribution in [0.3, 0.4) is 0 Å². The molecule has 2 N–H and O–H groups in total. The first-order valence-corrected chi connectivity index (χ1v) is 11.5. The molecule has 1 heterocycles. The Morgan fingerprint density at radius 3 is 2.28 bits per heavy atom. The summed E-state index contributed by atoms with van der Waals surface area (Å²) in [4.78, 5) is 18.9. The standard InChI is InChI=1S/C26H36N4O2/c1-26(2,3)32-23-11-7-6-10-22(23)19-29-25(27-4)28-18-20-12-14-21(15-13-20)24(31)30-16-8-5-9-17-30/h6-7,10-15H,5,8-9,16-19H2,1-4H3,(H2,27,28,29). The van der Waals surface area contributed by atoms with Gasteiger partial charge in [0.15, 0.2) is 5.96 Å². The number of ether oxygens (including phenoxy) is 1. The molecule has 1 fully saturated rings. The van der Waals surface area contributed by atoms with Crippen LogP contribution < -0.4 is 15.4 Å². The largest absolute Gasteiger partial charge is 0.488 e. The maximum absolute atomic E-state index is 12.6. The molecule has 0 radical (unpaired) electrons. The first-order valence-electron chi connectivity index (χ1n) is 11.5. The van der Waals surface area contributed by atoms with Gasteiger partial charge < -0.3 is 20.3 Å². The molecule has 0 bridgehead atoms. The Balaban J connectivity index is 1.52. The lowest BCUT2D eigenvalue weighted by Gasteiger charge is -2.26. The van der Waals surface area contributed by atoms with Gasteiger partial charge in [-0.3, -0.25) is 9.79 Å². The number of carbonyl (C=O) groups is 1. The summed E-state index contributed by atoms with van der Waals surface area (Å²) < 4.78 is 6.07. The fourth-order valence-corrected chi connectivity index (χ4v) is 3.71. The molecule has 0 saturated carbocycles. The molecule has 0 aliphatic carbocycles. The van der Waals surface area contributed by atoms with Crippen molar-refractivity contribution in [2.24, 2.45) is 4.99 Å². The Morgan fingerprint density at radius 1 is 0.969 bits per heavy atom. The number of aliphatic imine (C=N–C) groups is 1. The van der Waals surface area contributed by atoms with Crippen molar-refractivity contribution in [3.8, 4) is 5.75 Å². The molecular formula is C26H36N4O2. The van der Waals surface area contributed by atoms with Crippen molar-refractivity contribution in [1.82, 2.24) is 15.5 Å². The number of nitrogens with zero attached hydrogens (tertiary/aromatic N) is 2. The summed E-state index contributed by atoms with van der Waals surface area (Å²) in [6.45, 7) is 9.10. The SMILES string of the molecule is CN=C(NCc1ccc(C(=O)N2CCCCC2)cc1)NCc1ccccc1OC(C)(C)C. The molecule has 1 amide bonds. The van der Waals surface area contributed by atoms with Crippen molar-refractivity contribution in [3.05, 3.63) is 65.2 Å². The fourth-order valence-electron chi connectivity index (χ4n) is 3.71. The molecule has 0 unspecified atom stereocenters. The minimum absolute atomic E-state index is 0.137. The number of para-hydroxylation sites is 1. The van der Waals surface area contributed by atoms with E-state index in [0.29, 0.717) is 19.0 Å². The molecule has 2 aromatic carbocycles. The highest BCUT2D eigenvalue weighted by Crippen LogP contribution is 2.22. The predicted octanol–water partition coefficient (Wildman–Crippen LogP) is 4.36. The van der Waals surface area contributed by atoms with Gasteiger partial charge in [-0.2, -0.15) is 0 Å². The number of hydrogen-bond donors (Lipinski definition) is 2. The summed E-state index contributed by atoms with van der Waals surface area (Å²) >= 11 is 0. The molecule has 0 aromatic heterocycles. The van der Waals surface area contributed by atoms with E-state index in [-0.39, 0.29) is 11.5 Å². The zero-order valence-corrected chi connectivity index (χ0v) is 19.8. The van der Waals surface area contributed by atoms with Crippen molar-refractivity contribution >= 4 is 11.9 Å². The average Bonchev–Trinajstić information content (AvgIpc) is 2.79. The maximum atomic E-state index is 12.6. The lowest BCUT2D eigenvalue weighted by atomic mass is 10.1. The van der Waals surface area contributed by atoms with Crippen LogP contribution in [0.5, 0.6) is 5.75 Å². The highest BCUT2D eigenvalue weighted by atomic mass is 16.5. The van der Waals surface area contributed by atoms with E-state index < -0.39 is 0 Å². The number of nitrogens with one attached hydrogen (secondary N) is 2. The number of hydrogen-bond acceptors (Lipinski definition) is 3. The van der Waals surface area contributed by atoms with Crippen molar-refractivity contribution in [3.63, 3.8) is 0 Å². The molecule has 0 spiro atoms. The van der Waals surface area contributed by atoms with Crippen LogP contribution in [0.15, 0.2) is 53.5 Å². The van der Waals surface area contributed by atoms with Crippen LogP contribution in [-0.4, -0.2) is 42.5 Å². The number of likely N-dealkylation sites (tertiary alicyclic amines) is 1. The van der Waals surface area contributed by atoms with Gasteiger partial charge in [-0.1, -0.05) is 30.3 Å². The van der Waals surface area contributed by atoms with Gasteiger partial charge in [0.2, 0.25) is 0 Å². The zero-order chi connectivity index (χ0) is 23.0. The number of guanidine groups is 1. The van der Waals surface area contributed by atoms with Crippen molar-refractivity contribution in [2.45, 2.75) is 58.7 Å². The molecule has 1 aliphatic rings. The summed E-state index contributed by atoms with van der Waals surface area (Å²) in [5.41, 5.74) is 2.68. The van der Waals surface area contributed by atoms with E-state index >= 15 is 0 Å². The third-order valence-corrected chi connectivity index (χ3v) is 5.36. The Labute approximate surface area is 192 Å². The quantitative estimate of drug-likeness (QED) is 0.522. The second-order valence-corrected chi connectivity index (χ2v) is 9.15. The minimum Gasteiger partial charge on any atom is -0.488 e. The minimum atomic E-state index is -0.252.